The van der Waals surface area contributed by atoms with Crippen LogP contribution in [-0.4, -0.2) is 15.5 Å². The number of aromatic nitrogens is 2. The Kier molecular flexibility index (Phi) is 4.92. The molecule has 0 saturated heterocycles. The average molecular weight is 358 g/mol. The van der Waals surface area contributed by atoms with E-state index in [1.165, 1.54) is 11.8 Å². The molecule has 0 aliphatic heterocycles. The van der Waals surface area contributed by atoms with Crippen LogP contribution < -0.4 is 5.73 Å². The van der Waals surface area contributed by atoms with Gasteiger partial charge in [-0.05, 0) is 30.2 Å². The fourth-order valence-electron chi connectivity index (χ4n) is 2.44. The van der Waals surface area contributed by atoms with Crippen molar-refractivity contribution in [2.45, 2.75) is 17.3 Å². The zero-order valence-corrected chi connectivity index (χ0v) is 14.6. The number of halogens is 1. The summed E-state index contributed by atoms with van der Waals surface area (Å²) in [5, 5.41) is 0.867. The highest BCUT2D eigenvalue weighted by molar-refractivity contribution is 8.00. The lowest BCUT2D eigenvalue weighted by Crippen LogP contribution is -2.19. The lowest BCUT2D eigenvalue weighted by molar-refractivity contribution is -0.117. The summed E-state index contributed by atoms with van der Waals surface area (Å²) in [7, 11) is 0. The molecule has 1 aromatic heterocycles. The van der Waals surface area contributed by atoms with Crippen molar-refractivity contribution in [3.63, 3.8) is 0 Å². The molecule has 24 heavy (non-hydrogen) atoms. The highest BCUT2D eigenvalue weighted by atomic mass is 35.5. The third-order valence-corrected chi connectivity index (χ3v) is 5.35. The molecule has 1 atom stereocenters. The Morgan fingerprint density at radius 1 is 1.21 bits per heavy atom. The van der Waals surface area contributed by atoms with E-state index in [2.05, 4.69) is 4.98 Å². The molecule has 0 aliphatic rings. The summed E-state index contributed by atoms with van der Waals surface area (Å²) in [5.74, 6) is -0.399. The molecule has 4 nitrogen and oxygen atoms in total. The van der Waals surface area contributed by atoms with Crippen LogP contribution in [0.5, 0.6) is 0 Å². The SMILES string of the molecule is Cc1c(Cl)cccc1-n1ccnc1SC(C(N)=O)c1ccccc1. The van der Waals surface area contributed by atoms with Crippen molar-refractivity contribution in [3.8, 4) is 5.69 Å². The van der Waals surface area contributed by atoms with Gasteiger partial charge in [-0.1, -0.05) is 59.8 Å². The summed E-state index contributed by atoms with van der Waals surface area (Å²) in [4.78, 5) is 16.3. The molecule has 2 aromatic carbocycles. The first-order chi connectivity index (χ1) is 11.6. The van der Waals surface area contributed by atoms with Crippen molar-refractivity contribution in [2.24, 2.45) is 5.73 Å². The van der Waals surface area contributed by atoms with Crippen LogP contribution in [0.4, 0.5) is 0 Å². The van der Waals surface area contributed by atoms with Crippen LogP contribution in [0.2, 0.25) is 5.02 Å². The van der Waals surface area contributed by atoms with Gasteiger partial charge in [0.2, 0.25) is 5.91 Å². The number of carbonyl (C=O) groups is 1. The van der Waals surface area contributed by atoms with E-state index < -0.39 is 11.2 Å². The molecule has 0 saturated carbocycles. The first kappa shape index (κ1) is 16.6. The molecule has 0 fully saturated rings. The normalized spacial score (nSPS) is 12.1. The Labute approximate surface area is 149 Å². The fraction of sp³-hybridized carbons (Fsp3) is 0.111. The molecule has 0 bridgehead atoms. The molecule has 6 heteroatoms. The minimum atomic E-state index is -0.508. The van der Waals surface area contributed by atoms with Gasteiger partial charge in [0, 0.05) is 17.4 Å². The van der Waals surface area contributed by atoms with Crippen LogP contribution in [0.25, 0.3) is 5.69 Å². The Morgan fingerprint density at radius 3 is 2.67 bits per heavy atom. The second-order valence-electron chi connectivity index (χ2n) is 5.27. The average Bonchev–Trinajstić information content (AvgIpc) is 3.04. The summed E-state index contributed by atoms with van der Waals surface area (Å²) in [6, 6.07) is 15.2. The number of nitrogens with zero attached hydrogens (tertiary/aromatic N) is 2. The Hall–Kier alpha value is -2.24. The van der Waals surface area contributed by atoms with Gasteiger partial charge in [-0.15, -0.1) is 0 Å². The van der Waals surface area contributed by atoms with E-state index in [1.807, 2.05) is 66.2 Å². The summed E-state index contributed by atoms with van der Waals surface area (Å²) >= 11 is 7.55. The molecule has 1 amide bonds. The van der Waals surface area contributed by atoms with E-state index in [-0.39, 0.29) is 0 Å². The van der Waals surface area contributed by atoms with Gasteiger partial charge in [0.05, 0.1) is 5.69 Å². The van der Waals surface area contributed by atoms with Gasteiger partial charge in [-0.3, -0.25) is 9.36 Å². The zero-order valence-electron chi connectivity index (χ0n) is 13.0. The molecule has 1 unspecified atom stereocenters. The highest BCUT2D eigenvalue weighted by Gasteiger charge is 2.22. The van der Waals surface area contributed by atoms with E-state index in [0.717, 1.165) is 16.8 Å². The minimum absolute atomic E-state index is 0.399. The summed E-state index contributed by atoms with van der Waals surface area (Å²) in [6.45, 7) is 1.95. The number of carbonyl (C=O) groups excluding carboxylic acids is 1. The predicted molar refractivity (Wildman–Crippen MR) is 97.5 cm³/mol. The molecule has 3 aromatic rings. The first-order valence-electron chi connectivity index (χ1n) is 7.37. The molecule has 3 rings (SSSR count). The van der Waals surface area contributed by atoms with E-state index in [4.69, 9.17) is 17.3 Å². The van der Waals surface area contributed by atoms with Crippen LogP contribution in [-0.2, 0) is 4.79 Å². The maximum absolute atomic E-state index is 11.9. The van der Waals surface area contributed by atoms with Gasteiger partial charge in [-0.25, -0.2) is 4.98 Å². The number of hydrogen-bond acceptors (Lipinski definition) is 3. The van der Waals surface area contributed by atoms with Crippen molar-refractivity contribution < 1.29 is 4.79 Å². The van der Waals surface area contributed by atoms with Crippen molar-refractivity contribution in [3.05, 3.63) is 77.1 Å². The van der Waals surface area contributed by atoms with E-state index in [1.54, 1.807) is 6.20 Å². The Bertz CT molecular complexity index is 864. The lowest BCUT2D eigenvalue weighted by Gasteiger charge is -2.15. The number of amides is 1. The number of benzene rings is 2. The predicted octanol–water partition coefficient (Wildman–Crippen LogP) is 4.15. The minimum Gasteiger partial charge on any atom is -0.368 e. The number of primary amides is 1. The topological polar surface area (TPSA) is 60.9 Å². The molecule has 0 spiro atoms. The maximum Gasteiger partial charge on any atom is 0.235 e. The van der Waals surface area contributed by atoms with Crippen molar-refractivity contribution in [1.82, 2.24) is 9.55 Å². The molecule has 1 heterocycles. The zero-order chi connectivity index (χ0) is 17.1. The molecular formula is C18H16ClN3OS. The standard InChI is InChI=1S/C18H16ClN3OS/c1-12-14(19)8-5-9-15(12)22-11-10-21-18(22)24-16(17(20)23)13-6-3-2-4-7-13/h2-11,16H,1H3,(H2,20,23). The van der Waals surface area contributed by atoms with Gasteiger partial charge in [0.1, 0.15) is 5.25 Å². The summed E-state index contributed by atoms with van der Waals surface area (Å²) < 4.78 is 1.92. The van der Waals surface area contributed by atoms with E-state index >= 15 is 0 Å². The van der Waals surface area contributed by atoms with Crippen molar-refractivity contribution in [1.29, 1.82) is 0 Å². The maximum atomic E-state index is 11.9. The van der Waals surface area contributed by atoms with Crippen LogP contribution in [0.15, 0.2) is 66.1 Å². The molecule has 0 aliphatic carbocycles. The van der Waals surface area contributed by atoms with Crippen molar-refractivity contribution in [2.75, 3.05) is 0 Å². The van der Waals surface area contributed by atoms with Crippen LogP contribution in [0, 0.1) is 6.92 Å². The smallest absolute Gasteiger partial charge is 0.235 e. The Balaban J connectivity index is 1.98. The lowest BCUT2D eigenvalue weighted by atomic mass is 10.1. The number of rotatable bonds is 5. The van der Waals surface area contributed by atoms with E-state index in [9.17, 15) is 4.79 Å². The third kappa shape index (κ3) is 3.32. The number of imidazole rings is 1. The van der Waals surface area contributed by atoms with Gasteiger partial charge in [-0.2, -0.15) is 0 Å². The molecule has 2 N–H and O–H groups in total. The quantitative estimate of drug-likeness (QED) is 0.697. The second kappa shape index (κ2) is 7.11. The van der Waals surface area contributed by atoms with E-state index in [0.29, 0.717) is 10.2 Å². The monoisotopic (exact) mass is 357 g/mol. The van der Waals surface area contributed by atoms with Crippen molar-refractivity contribution >= 4 is 29.3 Å². The number of nitrogens with two attached hydrogens (primary N) is 1. The number of thioether (sulfide) groups is 1. The van der Waals surface area contributed by atoms with Gasteiger partial charge in [0.25, 0.3) is 0 Å². The summed E-state index contributed by atoms with van der Waals surface area (Å²) in [6.07, 6.45) is 3.55. The highest BCUT2D eigenvalue weighted by Crippen LogP contribution is 2.36. The Morgan fingerprint density at radius 2 is 1.96 bits per heavy atom. The molecule has 0 radical (unpaired) electrons. The van der Waals surface area contributed by atoms with Gasteiger partial charge < -0.3 is 5.73 Å². The van der Waals surface area contributed by atoms with Crippen LogP contribution >= 0.6 is 23.4 Å². The largest absolute Gasteiger partial charge is 0.368 e. The number of hydrogen-bond donors (Lipinski definition) is 1. The second-order valence-corrected chi connectivity index (χ2v) is 6.75. The van der Waals surface area contributed by atoms with Crippen LogP contribution in [0.1, 0.15) is 16.4 Å². The molecule has 122 valence electrons. The van der Waals surface area contributed by atoms with Crippen LogP contribution in [0.3, 0.4) is 0 Å². The summed E-state index contributed by atoms with van der Waals surface area (Å²) in [5.41, 5.74) is 8.35. The van der Waals surface area contributed by atoms with Gasteiger partial charge in [0.15, 0.2) is 5.16 Å². The first-order valence-corrected chi connectivity index (χ1v) is 8.63. The molecular weight excluding hydrogens is 342 g/mol. The fourth-order valence-corrected chi connectivity index (χ4v) is 3.63. The van der Waals surface area contributed by atoms with Gasteiger partial charge >= 0.3 is 0 Å². The third-order valence-electron chi connectivity index (χ3n) is 3.69.